The summed E-state index contributed by atoms with van der Waals surface area (Å²) in [7, 11) is 3.34. The average molecular weight is 316 g/mol. The highest BCUT2D eigenvalue weighted by Gasteiger charge is 2.27. The standard InChI is InChI=1S/C18H36O4/c1-5-7-8-9-10-11-12-13-18(6-2,21-16-14-19-3)22-17-15-20-4/h6H,2,5,7-17H2,1,3-4H3. The molecule has 0 aromatic heterocycles. The molecule has 0 atom stereocenters. The molecular formula is C18H36O4. The molecule has 0 amide bonds. The van der Waals surface area contributed by atoms with E-state index in [0.717, 1.165) is 12.8 Å². The van der Waals surface area contributed by atoms with Gasteiger partial charge in [-0.05, 0) is 12.5 Å². The Labute approximate surface area is 137 Å². The van der Waals surface area contributed by atoms with E-state index in [9.17, 15) is 0 Å². The monoisotopic (exact) mass is 316 g/mol. The van der Waals surface area contributed by atoms with Crippen LogP contribution in [0.15, 0.2) is 12.7 Å². The molecule has 0 spiro atoms. The number of hydrogen-bond acceptors (Lipinski definition) is 4. The summed E-state index contributed by atoms with van der Waals surface area (Å²) in [6.45, 7) is 8.27. The van der Waals surface area contributed by atoms with Gasteiger partial charge >= 0.3 is 0 Å². The van der Waals surface area contributed by atoms with E-state index in [2.05, 4.69) is 13.5 Å². The van der Waals surface area contributed by atoms with Crippen LogP contribution < -0.4 is 0 Å². The zero-order valence-electron chi connectivity index (χ0n) is 14.9. The lowest BCUT2D eigenvalue weighted by atomic mass is 10.0. The van der Waals surface area contributed by atoms with Gasteiger partial charge in [0.2, 0.25) is 0 Å². The van der Waals surface area contributed by atoms with Gasteiger partial charge in [-0.25, -0.2) is 0 Å². The second-order valence-corrected chi connectivity index (χ2v) is 5.57. The second-order valence-electron chi connectivity index (χ2n) is 5.57. The molecule has 4 heteroatoms. The van der Waals surface area contributed by atoms with Crippen molar-refractivity contribution in [2.45, 2.75) is 64.1 Å². The number of methoxy groups -OCH3 is 2. The van der Waals surface area contributed by atoms with Crippen LogP contribution in [0.3, 0.4) is 0 Å². The lowest BCUT2D eigenvalue weighted by Crippen LogP contribution is -2.36. The topological polar surface area (TPSA) is 36.9 Å². The summed E-state index contributed by atoms with van der Waals surface area (Å²) in [4.78, 5) is 0. The Morgan fingerprint density at radius 2 is 1.27 bits per heavy atom. The van der Waals surface area contributed by atoms with Crippen LogP contribution in [-0.2, 0) is 18.9 Å². The maximum atomic E-state index is 5.89. The minimum Gasteiger partial charge on any atom is -0.382 e. The second kappa shape index (κ2) is 15.5. The first-order valence-corrected chi connectivity index (χ1v) is 8.64. The SMILES string of the molecule is C=CC(CCCCCCCCC)(OCCOC)OCCOC. The first-order chi connectivity index (χ1) is 10.7. The van der Waals surface area contributed by atoms with Gasteiger partial charge in [0.15, 0.2) is 5.79 Å². The molecule has 0 bridgehead atoms. The molecule has 4 nitrogen and oxygen atoms in total. The maximum absolute atomic E-state index is 5.89. The number of ether oxygens (including phenoxy) is 4. The van der Waals surface area contributed by atoms with E-state index in [-0.39, 0.29) is 0 Å². The third kappa shape index (κ3) is 11.2. The van der Waals surface area contributed by atoms with E-state index in [1.54, 1.807) is 20.3 Å². The van der Waals surface area contributed by atoms with E-state index < -0.39 is 5.79 Å². The van der Waals surface area contributed by atoms with Crippen molar-refractivity contribution >= 4 is 0 Å². The smallest absolute Gasteiger partial charge is 0.187 e. The van der Waals surface area contributed by atoms with Gasteiger partial charge in [0.1, 0.15) is 0 Å². The number of hydrogen-bond donors (Lipinski definition) is 0. The van der Waals surface area contributed by atoms with Crippen LogP contribution in [0.25, 0.3) is 0 Å². The number of rotatable bonds is 17. The Balaban J connectivity index is 4.10. The Morgan fingerprint density at radius 3 is 1.73 bits per heavy atom. The normalized spacial score (nSPS) is 11.8. The molecule has 0 heterocycles. The molecule has 0 saturated heterocycles. The Kier molecular flexibility index (Phi) is 15.2. The Morgan fingerprint density at radius 1 is 0.773 bits per heavy atom. The molecule has 0 unspecified atom stereocenters. The number of unbranched alkanes of at least 4 members (excludes halogenated alkanes) is 6. The quantitative estimate of drug-likeness (QED) is 0.227. The molecule has 0 aliphatic rings. The van der Waals surface area contributed by atoms with E-state index in [1.807, 2.05) is 0 Å². The minimum absolute atomic E-state index is 0.506. The van der Waals surface area contributed by atoms with Crippen LogP contribution in [0.1, 0.15) is 58.3 Å². The molecular weight excluding hydrogens is 280 g/mol. The molecule has 0 aromatic rings. The van der Waals surface area contributed by atoms with E-state index in [4.69, 9.17) is 18.9 Å². The van der Waals surface area contributed by atoms with Crippen molar-refractivity contribution < 1.29 is 18.9 Å². The van der Waals surface area contributed by atoms with Crippen LogP contribution in [0.2, 0.25) is 0 Å². The summed E-state index contributed by atoms with van der Waals surface area (Å²) in [5, 5.41) is 0. The van der Waals surface area contributed by atoms with Crippen molar-refractivity contribution in [3.05, 3.63) is 12.7 Å². The molecule has 0 aliphatic carbocycles. The molecule has 0 rings (SSSR count). The van der Waals surface area contributed by atoms with Crippen molar-refractivity contribution in [1.29, 1.82) is 0 Å². The van der Waals surface area contributed by atoms with E-state index >= 15 is 0 Å². The molecule has 22 heavy (non-hydrogen) atoms. The average Bonchev–Trinajstić information content (AvgIpc) is 2.54. The highest BCUT2D eigenvalue weighted by molar-refractivity contribution is 4.90. The molecule has 132 valence electrons. The minimum atomic E-state index is -0.708. The summed E-state index contributed by atoms with van der Waals surface area (Å²) in [6.07, 6.45) is 11.5. The highest BCUT2D eigenvalue weighted by atomic mass is 16.7. The predicted molar refractivity (Wildman–Crippen MR) is 91.2 cm³/mol. The fourth-order valence-corrected chi connectivity index (χ4v) is 2.33. The van der Waals surface area contributed by atoms with Gasteiger partial charge in [-0.2, -0.15) is 0 Å². The van der Waals surface area contributed by atoms with Gasteiger partial charge < -0.3 is 18.9 Å². The fourth-order valence-electron chi connectivity index (χ4n) is 2.33. The lowest BCUT2D eigenvalue weighted by molar-refractivity contribution is -0.217. The summed E-state index contributed by atoms with van der Waals surface area (Å²) in [6, 6.07) is 0. The summed E-state index contributed by atoms with van der Waals surface area (Å²) >= 11 is 0. The van der Waals surface area contributed by atoms with Crippen LogP contribution in [0, 0.1) is 0 Å². The third-order valence-corrected chi connectivity index (χ3v) is 3.71. The summed E-state index contributed by atoms with van der Waals surface area (Å²) < 4.78 is 21.9. The van der Waals surface area contributed by atoms with Gasteiger partial charge in [0.25, 0.3) is 0 Å². The third-order valence-electron chi connectivity index (χ3n) is 3.71. The summed E-state index contributed by atoms with van der Waals surface area (Å²) in [5.41, 5.74) is 0. The molecule has 0 aliphatic heterocycles. The first-order valence-electron chi connectivity index (χ1n) is 8.64. The van der Waals surface area contributed by atoms with Crippen LogP contribution >= 0.6 is 0 Å². The van der Waals surface area contributed by atoms with Crippen LogP contribution in [0.5, 0.6) is 0 Å². The molecule has 0 aromatic carbocycles. The Bertz CT molecular complexity index is 233. The van der Waals surface area contributed by atoms with Gasteiger partial charge in [-0.15, -0.1) is 0 Å². The largest absolute Gasteiger partial charge is 0.382 e. The fraction of sp³-hybridized carbons (Fsp3) is 0.889. The molecule has 0 N–H and O–H groups in total. The highest BCUT2D eigenvalue weighted by Crippen LogP contribution is 2.23. The van der Waals surface area contributed by atoms with Crippen molar-refractivity contribution in [1.82, 2.24) is 0 Å². The van der Waals surface area contributed by atoms with Crippen LogP contribution in [0.4, 0.5) is 0 Å². The first kappa shape index (κ1) is 21.6. The van der Waals surface area contributed by atoms with Crippen molar-refractivity contribution in [3.8, 4) is 0 Å². The van der Waals surface area contributed by atoms with Gasteiger partial charge in [-0.1, -0.05) is 52.0 Å². The van der Waals surface area contributed by atoms with Crippen molar-refractivity contribution in [2.24, 2.45) is 0 Å². The Hall–Kier alpha value is -0.420. The van der Waals surface area contributed by atoms with Crippen LogP contribution in [-0.4, -0.2) is 46.4 Å². The van der Waals surface area contributed by atoms with Gasteiger partial charge in [-0.3, -0.25) is 0 Å². The molecule has 0 fully saturated rings. The zero-order valence-corrected chi connectivity index (χ0v) is 14.9. The molecule has 0 saturated carbocycles. The maximum Gasteiger partial charge on any atom is 0.187 e. The van der Waals surface area contributed by atoms with Crippen molar-refractivity contribution in [2.75, 3.05) is 40.6 Å². The van der Waals surface area contributed by atoms with E-state index in [1.165, 1.54) is 38.5 Å². The molecule has 0 radical (unpaired) electrons. The predicted octanol–water partition coefficient (Wildman–Crippen LogP) is 4.34. The van der Waals surface area contributed by atoms with E-state index in [0.29, 0.717) is 26.4 Å². The summed E-state index contributed by atoms with van der Waals surface area (Å²) in [5.74, 6) is -0.708. The van der Waals surface area contributed by atoms with Gasteiger partial charge in [0.05, 0.1) is 26.4 Å². The van der Waals surface area contributed by atoms with Crippen molar-refractivity contribution in [3.63, 3.8) is 0 Å². The zero-order chi connectivity index (χ0) is 16.5. The van der Waals surface area contributed by atoms with Gasteiger partial charge in [0, 0.05) is 20.6 Å². The lowest BCUT2D eigenvalue weighted by Gasteiger charge is -2.31.